The quantitative estimate of drug-likeness (QED) is 0.307. The Hall–Kier alpha value is -3.82. The van der Waals surface area contributed by atoms with Gasteiger partial charge in [0.05, 0.1) is 18.8 Å². The monoisotopic (exact) mass is 546 g/mol. The molecule has 0 unspecified atom stereocenters. The van der Waals surface area contributed by atoms with E-state index in [2.05, 4.69) is 16.0 Å². The summed E-state index contributed by atoms with van der Waals surface area (Å²) in [5.74, 6) is 0.270. The maximum atomic E-state index is 13.6. The first-order valence-corrected chi connectivity index (χ1v) is 14.1. The van der Waals surface area contributed by atoms with Crippen LogP contribution in [0.25, 0.3) is 11.1 Å². The summed E-state index contributed by atoms with van der Waals surface area (Å²) < 4.78 is 0. The third kappa shape index (κ3) is 7.40. The van der Waals surface area contributed by atoms with E-state index in [1.54, 1.807) is 16.7 Å². The molecule has 8 nitrogen and oxygen atoms in total. The normalized spacial score (nSPS) is 14.8. The Balaban J connectivity index is 1.52. The highest BCUT2D eigenvalue weighted by Gasteiger charge is 2.31. The van der Waals surface area contributed by atoms with Gasteiger partial charge in [-0.3, -0.25) is 9.59 Å². The van der Waals surface area contributed by atoms with Gasteiger partial charge in [0, 0.05) is 30.2 Å². The standard InChI is InChI=1S/C30H34N4O4S/c1-2-7-28(36)33-25-20-39-27-11-6-5-10-26(27)34(29(25)37)19-21-12-14-22(15-13-21)24-9-4-3-8-23(24)18-32-30(38)31-16-17-35/h3-6,8-15,25,35H,2,7,16-20H2,1H3,(H,33,36)(H2,31,32,38)/t25-/m1/s1. The van der Waals surface area contributed by atoms with Gasteiger partial charge in [-0.15, -0.1) is 11.8 Å². The number of hydrogen-bond donors (Lipinski definition) is 4. The molecule has 0 saturated carbocycles. The molecule has 4 rings (SSSR count). The molecule has 4 amide bonds. The second kappa shape index (κ2) is 13.8. The van der Waals surface area contributed by atoms with Crippen LogP contribution < -0.4 is 20.9 Å². The minimum absolute atomic E-state index is 0.106. The number of nitrogens with one attached hydrogen (secondary N) is 3. The lowest BCUT2D eigenvalue weighted by atomic mass is 9.98. The first-order chi connectivity index (χ1) is 19.0. The van der Waals surface area contributed by atoms with Crippen molar-refractivity contribution in [2.45, 2.75) is 43.8 Å². The summed E-state index contributed by atoms with van der Waals surface area (Å²) in [6.07, 6.45) is 1.12. The van der Waals surface area contributed by atoms with Crippen LogP contribution in [0.15, 0.2) is 77.7 Å². The fourth-order valence-electron chi connectivity index (χ4n) is 4.45. The van der Waals surface area contributed by atoms with Gasteiger partial charge in [0.1, 0.15) is 6.04 Å². The summed E-state index contributed by atoms with van der Waals surface area (Å²) in [5, 5.41) is 17.2. The summed E-state index contributed by atoms with van der Waals surface area (Å²) in [4.78, 5) is 40.6. The number of carbonyl (C=O) groups excluding carboxylic acids is 3. The lowest BCUT2D eigenvalue weighted by Crippen LogP contribution is -2.49. The van der Waals surface area contributed by atoms with Crippen molar-refractivity contribution in [1.82, 2.24) is 16.0 Å². The molecule has 0 aliphatic carbocycles. The molecule has 9 heteroatoms. The Morgan fingerprint density at radius 1 is 1.00 bits per heavy atom. The molecule has 4 N–H and O–H groups in total. The zero-order chi connectivity index (χ0) is 27.6. The predicted molar refractivity (Wildman–Crippen MR) is 154 cm³/mol. The summed E-state index contributed by atoms with van der Waals surface area (Å²) in [7, 11) is 0. The van der Waals surface area contributed by atoms with Gasteiger partial charge >= 0.3 is 6.03 Å². The number of para-hydroxylation sites is 1. The largest absolute Gasteiger partial charge is 0.395 e. The number of anilines is 1. The van der Waals surface area contributed by atoms with E-state index in [1.165, 1.54) is 0 Å². The van der Waals surface area contributed by atoms with Crippen molar-refractivity contribution in [2.75, 3.05) is 23.8 Å². The Labute approximate surface area is 233 Å². The number of aliphatic hydroxyl groups excluding tert-OH is 1. The number of rotatable bonds is 10. The van der Waals surface area contributed by atoms with Crippen molar-refractivity contribution < 1.29 is 19.5 Å². The number of hydrogen-bond acceptors (Lipinski definition) is 5. The molecule has 204 valence electrons. The highest BCUT2D eigenvalue weighted by Crippen LogP contribution is 2.35. The molecule has 0 saturated heterocycles. The lowest BCUT2D eigenvalue weighted by molar-refractivity contribution is -0.127. The predicted octanol–water partition coefficient (Wildman–Crippen LogP) is 4.07. The van der Waals surface area contributed by atoms with Crippen molar-refractivity contribution in [3.05, 3.63) is 83.9 Å². The van der Waals surface area contributed by atoms with Gasteiger partial charge in [-0.1, -0.05) is 67.6 Å². The van der Waals surface area contributed by atoms with Crippen LogP contribution >= 0.6 is 11.8 Å². The Kier molecular flexibility index (Phi) is 9.99. The number of thioether (sulfide) groups is 1. The molecule has 0 spiro atoms. The maximum absolute atomic E-state index is 13.6. The lowest BCUT2D eigenvalue weighted by Gasteiger charge is -2.26. The van der Waals surface area contributed by atoms with E-state index in [9.17, 15) is 14.4 Å². The first kappa shape index (κ1) is 28.2. The fraction of sp³-hybridized carbons (Fsp3) is 0.300. The molecule has 1 aliphatic heterocycles. The minimum atomic E-state index is -0.588. The van der Waals surface area contributed by atoms with Crippen LogP contribution in [-0.2, 0) is 22.7 Å². The van der Waals surface area contributed by atoms with Gasteiger partial charge < -0.3 is 26.0 Å². The van der Waals surface area contributed by atoms with Crippen LogP contribution in [0.2, 0.25) is 0 Å². The minimum Gasteiger partial charge on any atom is -0.395 e. The number of benzene rings is 3. The first-order valence-electron chi connectivity index (χ1n) is 13.1. The number of nitrogens with zero attached hydrogens (tertiary/aromatic N) is 1. The molecule has 0 aromatic heterocycles. The molecule has 3 aromatic carbocycles. The summed E-state index contributed by atoms with van der Waals surface area (Å²) >= 11 is 1.58. The second-order valence-corrected chi connectivity index (χ2v) is 10.3. The molecular formula is C30H34N4O4S. The van der Waals surface area contributed by atoms with Crippen molar-refractivity contribution in [3.63, 3.8) is 0 Å². The molecule has 39 heavy (non-hydrogen) atoms. The molecule has 0 bridgehead atoms. The zero-order valence-corrected chi connectivity index (χ0v) is 22.8. The zero-order valence-electron chi connectivity index (χ0n) is 22.0. The number of carbonyl (C=O) groups is 3. The van der Waals surface area contributed by atoms with E-state index in [-0.39, 0.29) is 31.0 Å². The molecule has 1 aliphatic rings. The van der Waals surface area contributed by atoms with Gasteiger partial charge in [-0.05, 0) is 40.8 Å². The third-order valence-corrected chi connectivity index (χ3v) is 7.55. The second-order valence-electron chi connectivity index (χ2n) is 9.26. The van der Waals surface area contributed by atoms with E-state index >= 15 is 0 Å². The van der Waals surface area contributed by atoms with E-state index < -0.39 is 6.04 Å². The van der Waals surface area contributed by atoms with Crippen LogP contribution in [0.5, 0.6) is 0 Å². The van der Waals surface area contributed by atoms with Crippen LogP contribution in [0.3, 0.4) is 0 Å². The maximum Gasteiger partial charge on any atom is 0.315 e. The highest BCUT2D eigenvalue weighted by molar-refractivity contribution is 7.99. The topological polar surface area (TPSA) is 111 Å². The van der Waals surface area contributed by atoms with E-state index in [0.29, 0.717) is 25.3 Å². The number of amides is 4. The Bertz CT molecular complexity index is 1300. The molecule has 1 atom stereocenters. The smallest absolute Gasteiger partial charge is 0.315 e. The van der Waals surface area contributed by atoms with E-state index in [0.717, 1.165) is 39.3 Å². The Morgan fingerprint density at radius 2 is 1.74 bits per heavy atom. The van der Waals surface area contributed by atoms with Gasteiger partial charge in [0.25, 0.3) is 5.91 Å². The van der Waals surface area contributed by atoms with E-state index in [4.69, 9.17) is 5.11 Å². The molecule has 0 radical (unpaired) electrons. The summed E-state index contributed by atoms with van der Waals surface area (Å²) in [6.45, 7) is 2.75. The van der Waals surface area contributed by atoms with Crippen molar-refractivity contribution in [2.24, 2.45) is 0 Å². The van der Waals surface area contributed by atoms with Crippen LogP contribution in [-0.4, -0.2) is 47.9 Å². The molecule has 1 heterocycles. The molecule has 0 fully saturated rings. The van der Waals surface area contributed by atoms with E-state index in [1.807, 2.05) is 79.7 Å². The number of fused-ring (bicyclic) bond motifs is 1. The van der Waals surface area contributed by atoms with Crippen LogP contribution in [0.4, 0.5) is 10.5 Å². The van der Waals surface area contributed by atoms with Gasteiger partial charge in [0.2, 0.25) is 5.91 Å². The molecule has 3 aromatic rings. The van der Waals surface area contributed by atoms with Gasteiger partial charge in [-0.25, -0.2) is 4.79 Å². The number of aliphatic hydroxyl groups is 1. The van der Waals surface area contributed by atoms with Gasteiger partial charge in [0.15, 0.2) is 0 Å². The highest BCUT2D eigenvalue weighted by atomic mass is 32.2. The summed E-state index contributed by atoms with van der Waals surface area (Å²) in [5.41, 5.74) is 4.77. The SMILES string of the molecule is CCCC(=O)N[C@@H]1CSc2ccccc2N(Cc2ccc(-c3ccccc3CNC(=O)NCCO)cc2)C1=O. The van der Waals surface area contributed by atoms with Gasteiger partial charge in [-0.2, -0.15) is 0 Å². The molecular weight excluding hydrogens is 512 g/mol. The van der Waals surface area contributed by atoms with Crippen molar-refractivity contribution in [1.29, 1.82) is 0 Å². The van der Waals surface area contributed by atoms with Crippen molar-refractivity contribution in [3.8, 4) is 11.1 Å². The van der Waals surface area contributed by atoms with Crippen LogP contribution in [0.1, 0.15) is 30.9 Å². The number of urea groups is 1. The average Bonchev–Trinajstić information content (AvgIpc) is 3.08. The third-order valence-electron chi connectivity index (χ3n) is 6.40. The van der Waals surface area contributed by atoms with Crippen LogP contribution in [0, 0.1) is 0 Å². The Morgan fingerprint density at radius 3 is 2.51 bits per heavy atom. The summed E-state index contributed by atoms with van der Waals surface area (Å²) in [6, 6.07) is 22.8. The average molecular weight is 547 g/mol. The van der Waals surface area contributed by atoms with Crippen molar-refractivity contribution >= 4 is 35.3 Å². The fourth-order valence-corrected chi connectivity index (χ4v) is 5.52.